The average Bonchev–Trinajstić information content (AvgIpc) is 2.28. The molecule has 0 spiro atoms. The number of aromatic amines is 1. The molecule has 1 heterocycles. The van der Waals surface area contributed by atoms with E-state index < -0.39 is 5.82 Å². The molecule has 0 aliphatic rings. The number of ether oxygens (including phenoxy) is 1. The van der Waals surface area contributed by atoms with Gasteiger partial charge in [-0.25, -0.2) is 9.37 Å². The molecule has 0 unspecified atom stereocenters. The van der Waals surface area contributed by atoms with E-state index >= 15 is 0 Å². The van der Waals surface area contributed by atoms with Gasteiger partial charge >= 0.3 is 0 Å². The van der Waals surface area contributed by atoms with Gasteiger partial charge in [0.15, 0.2) is 11.6 Å². The number of hydrogen-bond acceptors (Lipinski definition) is 3. The molecule has 0 bridgehead atoms. The maximum absolute atomic E-state index is 13.4. The van der Waals surface area contributed by atoms with Crippen LogP contribution in [0.1, 0.15) is 5.82 Å². The number of aromatic nitrogens is 2. The summed E-state index contributed by atoms with van der Waals surface area (Å²) in [6.07, 6.45) is 0. The average molecular weight is 243 g/mol. The van der Waals surface area contributed by atoms with Crippen LogP contribution in [0.2, 0.25) is 0 Å². The van der Waals surface area contributed by atoms with Crippen molar-refractivity contribution in [3.63, 3.8) is 0 Å². The monoisotopic (exact) mass is 242 g/mol. The van der Waals surface area contributed by atoms with E-state index in [1.54, 1.807) is 0 Å². The lowest BCUT2D eigenvalue weighted by Crippen LogP contribution is -2.11. The van der Waals surface area contributed by atoms with Crippen LogP contribution in [0, 0.1) is 5.82 Å². The standard InChI is InChI=1S/C10H8ClFN2O2/c1-16-8-2-5-7(3-6(8)12)13-9(4-11)14-10(5)15/h2-3H,4H2,1H3,(H,13,14,15). The Morgan fingerprint density at radius 3 is 2.94 bits per heavy atom. The molecule has 2 rings (SSSR count). The number of nitrogens with zero attached hydrogens (tertiary/aromatic N) is 1. The van der Waals surface area contributed by atoms with Gasteiger partial charge in [-0.05, 0) is 6.07 Å². The third kappa shape index (κ3) is 1.74. The molecule has 6 heteroatoms. The van der Waals surface area contributed by atoms with Crippen molar-refractivity contribution in [3.05, 3.63) is 34.1 Å². The molecule has 0 fully saturated rings. The molecular weight excluding hydrogens is 235 g/mol. The van der Waals surface area contributed by atoms with Crippen LogP contribution >= 0.6 is 11.6 Å². The van der Waals surface area contributed by atoms with Crippen LogP contribution in [0.15, 0.2) is 16.9 Å². The third-order valence-electron chi connectivity index (χ3n) is 2.15. The summed E-state index contributed by atoms with van der Waals surface area (Å²) in [4.78, 5) is 18.1. The lowest BCUT2D eigenvalue weighted by molar-refractivity contribution is 0.387. The van der Waals surface area contributed by atoms with Gasteiger partial charge in [0, 0.05) is 6.07 Å². The van der Waals surface area contributed by atoms with Gasteiger partial charge in [0.25, 0.3) is 5.56 Å². The zero-order chi connectivity index (χ0) is 11.7. The van der Waals surface area contributed by atoms with E-state index in [4.69, 9.17) is 16.3 Å². The van der Waals surface area contributed by atoms with E-state index in [1.165, 1.54) is 13.2 Å². The highest BCUT2D eigenvalue weighted by molar-refractivity contribution is 6.16. The van der Waals surface area contributed by atoms with Gasteiger partial charge in [-0.15, -0.1) is 11.6 Å². The zero-order valence-electron chi connectivity index (χ0n) is 8.38. The van der Waals surface area contributed by atoms with E-state index in [2.05, 4.69) is 9.97 Å². The van der Waals surface area contributed by atoms with Crippen molar-refractivity contribution < 1.29 is 9.13 Å². The zero-order valence-corrected chi connectivity index (χ0v) is 9.14. The SMILES string of the molecule is COc1cc2c(=O)[nH]c(CCl)nc2cc1F. The van der Waals surface area contributed by atoms with Gasteiger partial charge in [0.2, 0.25) is 0 Å². The topological polar surface area (TPSA) is 55.0 Å². The molecule has 0 amide bonds. The minimum atomic E-state index is -0.561. The molecule has 0 atom stereocenters. The first-order valence-corrected chi connectivity index (χ1v) is 5.01. The van der Waals surface area contributed by atoms with Gasteiger partial charge in [-0.2, -0.15) is 0 Å². The molecule has 1 aromatic heterocycles. The molecular formula is C10H8ClFN2O2. The number of methoxy groups -OCH3 is 1. The van der Waals surface area contributed by atoms with Crippen LogP contribution in [0.5, 0.6) is 5.75 Å². The summed E-state index contributed by atoms with van der Waals surface area (Å²) in [5.41, 5.74) is -0.100. The minimum Gasteiger partial charge on any atom is -0.494 e. The van der Waals surface area contributed by atoms with Gasteiger partial charge in [-0.1, -0.05) is 0 Å². The molecule has 4 nitrogen and oxygen atoms in total. The van der Waals surface area contributed by atoms with Crippen LogP contribution in [-0.4, -0.2) is 17.1 Å². The molecule has 16 heavy (non-hydrogen) atoms. The third-order valence-corrected chi connectivity index (χ3v) is 2.41. The summed E-state index contributed by atoms with van der Waals surface area (Å²) in [6.45, 7) is 0. The largest absolute Gasteiger partial charge is 0.494 e. The normalized spacial score (nSPS) is 10.7. The summed E-state index contributed by atoms with van der Waals surface area (Å²) in [6, 6.07) is 2.47. The highest BCUT2D eigenvalue weighted by Gasteiger charge is 2.09. The van der Waals surface area contributed by atoms with Crippen molar-refractivity contribution in [1.29, 1.82) is 0 Å². The second kappa shape index (κ2) is 4.09. The smallest absolute Gasteiger partial charge is 0.258 e. The molecule has 0 radical (unpaired) electrons. The quantitative estimate of drug-likeness (QED) is 0.817. The Morgan fingerprint density at radius 2 is 2.31 bits per heavy atom. The summed E-state index contributed by atoms with van der Waals surface area (Å²) < 4.78 is 18.2. The Bertz CT molecular complexity index is 597. The highest BCUT2D eigenvalue weighted by atomic mass is 35.5. The first-order chi connectivity index (χ1) is 7.65. The number of H-pyrrole nitrogens is 1. The Labute approximate surface area is 95.0 Å². The van der Waals surface area contributed by atoms with Gasteiger partial charge in [-0.3, -0.25) is 4.79 Å². The van der Waals surface area contributed by atoms with Crippen molar-refractivity contribution in [2.24, 2.45) is 0 Å². The van der Waals surface area contributed by atoms with Gasteiger partial charge in [0.1, 0.15) is 5.82 Å². The number of nitrogens with one attached hydrogen (secondary N) is 1. The Kier molecular flexibility index (Phi) is 2.78. The lowest BCUT2D eigenvalue weighted by atomic mass is 10.2. The number of hydrogen-bond donors (Lipinski definition) is 1. The second-order valence-corrected chi connectivity index (χ2v) is 3.42. The van der Waals surface area contributed by atoms with E-state index in [-0.39, 0.29) is 28.1 Å². The number of fused-ring (bicyclic) bond motifs is 1. The van der Waals surface area contributed by atoms with Crippen molar-refractivity contribution >= 4 is 22.5 Å². The molecule has 0 saturated carbocycles. The molecule has 84 valence electrons. The van der Waals surface area contributed by atoms with Crippen molar-refractivity contribution in [2.45, 2.75) is 5.88 Å². The van der Waals surface area contributed by atoms with Crippen LogP contribution in [0.25, 0.3) is 10.9 Å². The number of alkyl halides is 1. The predicted octanol–water partition coefficient (Wildman–Crippen LogP) is 1.81. The molecule has 0 aliphatic heterocycles. The predicted molar refractivity (Wildman–Crippen MR) is 58.4 cm³/mol. The maximum Gasteiger partial charge on any atom is 0.258 e. The van der Waals surface area contributed by atoms with Crippen molar-refractivity contribution in [3.8, 4) is 5.75 Å². The second-order valence-electron chi connectivity index (χ2n) is 3.15. The van der Waals surface area contributed by atoms with E-state index in [1.807, 2.05) is 0 Å². The molecule has 0 saturated heterocycles. The molecule has 1 aromatic carbocycles. The Hall–Kier alpha value is -1.62. The number of halogens is 2. The van der Waals surface area contributed by atoms with Crippen LogP contribution in [0.3, 0.4) is 0 Å². The Balaban J connectivity index is 2.80. The Morgan fingerprint density at radius 1 is 1.56 bits per heavy atom. The lowest BCUT2D eigenvalue weighted by Gasteiger charge is -2.04. The fourth-order valence-electron chi connectivity index (χ4n) is 1.41. The fraction of sp³-hybridized carbons (Fsp3) is 0.200. The first kappa shape index (κ1) is 10.9. The van der Waals surface area contributed by atoms with Crippen LogP contribution in [-0.2, 0) is 5.88 Å². The fourth-order valence-corrected chi connectivity index (χ4v) is 1.54. The maximum atomic E-state index is 13.4. The molecule has 1 N–H and O–H groups in total. The minimum absolute atomic E-state index is 0.0124. The van der Waals surface area contributed by atoms with Crippen LogP contribution in [0.4, 0.5) is 4.39 Å². The summed E-state index contributed by atoms with van der Waals surface area (Å²) in [7, 11) is 1.33. The van der Waals surface area contributed by atoms with E-state index in [9.17, 15) is 9.18 Å². The summed E-state index contributed by atoms with van der Waals surface area (Å²) >= 11 is 5.55. The van der Waals surface area contributed by atoms with Gasteiger partial charge in [0.05, 0.1) is 23.9 Å². The van der Waals surface area contributed by atoms with Crippen molar-refractivity contribution in [2.75, 3.05) is 7.11 Å². The summed E-state index contributed by atoms with van der Waals surface area (Å²) in [5.74, 6) is -0.172. The molecule has 2 aromatic rings. The molecule has 0 aliphatic carbocycles. The highest BCUT2D eigenvalue weighted by Crippen LogP contribution is 2.21. The van der Waals surface area contributed by atoms with E-state index in [0.29, 0.717) is 5.82 Å². The number of benzene rings is 1. The first-order valence-electron chi connectivity index (χ1n) is 4.48. The van der Waals surface area contributed by atoms with Gasteiger partial charge < -0.3 is 9.72 Å². The van der Waals surface area contributed by atoms with Crippen LogP contribution < -0.4 is 10.3 Å². The van der Waals surface area contributed by atoms with E-state index in [0.717, 1.165) is 6.07 Å². The number of rotatable bonds is 2. The van der Waals surface area contributed by atoms with Crippen molar-refractivity contribution in [1.82, 2.24) is 9.97 Å². The summed E-state index contributed by atoms with van der Waals surface area (Å²) in [5, 5.41) is 0.270.